The molecule has 0 amide bonds. The van der Waals surface area contributed by atoms with Gasteiger partial charge in [-0.05, 0) is 49.0 Å². The predicted molar refractivity (Wildman–Crippen MR) is 91.3 cm³/mol. The molecule has 0 aromatic heterocycles. The van der Waals surface area contributed by atoms with Crippen molar-refractivity contribution in [1.82, 2.24) is 0 Å². The first kappa shape index (κ1) is 19.2. The van der Waals surface area contributed by atoms with Gasteiger partial charge in [0.25, 0.3) is 0 Å². The van der Waals surface area contributed by atoms with Crippen LogP contribution in [0, 0.1) is 23.7 Å². The highest BCUT2D eigenvalue weighted by molar-refractivity contribution is 5.67. The number of hydrogen-bond acceptors (Lipinski definition) is 4. The molecule has 0 radical (unpaired) electrons. The zero-order chi connectivity index (χ0) is 17.9. The average Bonchev–Trinajstić information content (AvgIpc) is 2.45. The summed E-state index contributed by atoms with van der Waals surface area (Å²) in [6, 6.07) is 0. The van der Waals surface area contributed by atoms with Gasteiger partial charge in [-0.3, -0.25) is 4.79 Å². The Balaban J connectivity index is 1.94. The maximum absolute atomic E-state index is 10.6. The van der Waals surface area contributed by atoms with Crippen LogP contribution in [0.2, 0.25) is 0 Å². The van der Waals surface area contributed by atoms with Gasteiger partial charge in [0, 0.05) is 5.92 Å². The maximum Gasteiger partial charge on any atom is 0.305 e. The van der Waals surface area contributed by atoms with Gasteiger partial charge in [-0.15, -0.1) is 0 Å². The van der Waals surface area contributed by atoms with Crippen molar-refractivity contribution < 1.29 is 25.2 Å². The van der Waals surface area contributed by atoms with E-state index < -0.39 is 18.2 Å². The van der Waals surface area contributed by atoms with Gasteiger partial charge in [-0.25, -0.2) is 0 Å². The van der Waals surface area contributed by atoms with Gasteiger partial charge in [-0.2, -0.15) is 0 Å². The zero-order valence-electron chi connectivity index (χ0n) is 14.5. The smallest absolute Gasteiger partial charge is 0.305 e. The Labute approximate surface area is 143 Å². The molecule has 1 unspecified atom stereocenters. The molecule has 0 bridgehead atoms. The largest absolute Gasteiger partial charge is 0.481 e. The van der Waals surface area contributed by atoms with Crippen LogP contribution in [0.25, 0.3) is 0 Å². The molecule has 4 N–H and O–H groups in total. The van der Waals surface area contributed by atoms with E-state index in [1.807, 2.05) is 0 Å². The number of aliphatic hydroxyl groups excluding tert-OH is 3. The first-order valence-corrected chi connectivity index (χ1v) is 8.93. The van der Waals surface area contributed by atoms with E-state index in [0.29, 0.717) is 18.3 Å². The van der Waals surface area contributed by atoms with Crippen LogP contribution in [0.1, 0.15) is 46.0 Å². The standard InChI is InChI=1S/C19H30O5/c1-11-7-13-4-3-12(2)16(19(13)17(22)8-11)6-5-14(20)9-15(21)10-18(23)24/h3-4,7,11-12,14-17,19-22H,5-6,8-10H2,1-2H3,(H,23,24)/t11-,12-,14?,15+,16-,17-,19-/m0/s1. The second-order valence-corrected chi connectivity index (χ2v) is 7.57. The van der Waals surface area contributed by atoms with Crippen molar-refractivity contribution in [1.29, 1.82) is 0 Å². The lowest BCUT2D eigenvalue weighted by Crippen LogP contribution is -2.38. The molecule has 0 aliphatic heterocycles. The third-order valence-electron chi connectivity index (χ3n) is 5.41. The molecule has 0 heterocycles. The number of fused-ring (bicyclic) bond motifs is 1. The number of carboxylic acid groups (broad SMARTS) is 1. The minimum absolute atomic E-state index is 0.0796. The highest BCUT2D eigenvalue weighted by atomic mass is 16.4. The molecular formula is C19H30O5. The molecule has 2 aliphatic carbocycles. The highest BCUT2D eigenvalue weighted by Crippen LogP contribution is 2.43. The number of carboxylic acids is 1. The van der Waals surface area contributed by atoms with E-state index in [0.717, 1.165) is 12.8 Å². The van der Waals surface area contributed by atoms with Gasteiger partial charge in [0.2, 0.25) is 0 Å². The van der Waals surface area contributed by atoms with Crippen molar-refractivity contribution in [2.24, 2.45) is 23.7 Å². The topological polar surface area (TPSA) is 98.0 Å². The Hall–Kier alpha value is -1.17. The number of aliphatic carboxylic acids is 1. The van der Waals surface area contributed by atoms with Crippen LogP contribution in [0.3, 0.4) is 0 Å². The summed E-state index contributed by atoms with van der Waals surface area (Å²) < 4.78 is 0. The fourth-order valence-corrected chi connectivity index (χ4v) is 4.23. The molecule has 7 atom stereocenters. The van der Waals surface area contributed by atoms with Gasteiger partial charge in [0.05, 0.1) is 24.7 Å². The summed E-state index contributed by atoms with van der Waals surface area (Å²) in [5, 5.41) is 38.9. The summed E-state index contributed by atoms with van der Waals surface area (Å²) in [5.41, 5.74) is 1.20. The van der Waals surface area contributed by atoms with Crippen LogP contribution in [-0.4, -0.2) is 44.7 Å². The Morgan fingerprint density at radius 3 is 2.67 bits per heavy atom. The molecule has 2 aliphatic rings. The second-order valence-electron chi connectivity index (χ2n) is 7.57. The zero-order valence-corrected chi connectivity index (χ0v) is 14.5. The van der Waals surface area contributed by atoms with Crippen LogP contribution in [0.4, 0.5) is 0 Å². The van der Waals surface area contributed by atoms with Crippen LogP contribution < -0.4 is 0 Å². The van der Waals surface area contributed by atoms with Gasteiger partial charge in [-0.1, -0.05) is 32.1 Å². The Kier molecular flexibility index (Phi) is 6.61. The molecule has 5 heteroatoms. The lowest BCUT2D eigenvalue weighted by atomic mass is 9.65. The van der Waals surface area contributed by atoms with E-state index in [1.54, 1.807) is 0 Å². The molecule has 0 spiro atoms. The van der Waals surface area contributed by atoms with E-state index in [-0.39, 0.29) is 30.8 Å². The molecule has 0 fully saturated rings. The molecule has 0 aromatic rings. The van der Waals surface area contributed by atoms with Crippen molar-refractivity contribution >= 4 is 5.97 Å². The van der Waals surface area contributed by atoms with Crippen molar-refractivity contribution in [2.45, 2.75) is 64.3 Å². The molecule has 2 rings (SSSR count). The maximum atomic E-state index is 10.6. The molecule has 0 saturated heterocycles. The van der Waals surface area contributed by atoms with Crippen LogP contribution >= 0.6 is 0 Å². The van der Waals surface area contributed by atoms with Gasteiger partial charge in [0.15, 0.2) is 0 Å². The fraction of sp³-hybridized carbons (Fsp3) is 0.737. The summed E-state index contributed by atoms with van der Waals surface area (Å²) in [4.78, 5) is 10.6. The highest BCUT2D eigenvalue weighted by Gasteiger charge is 2.38. The Morgan fingerprint density at radius 1 is 1.29 bits per heavy atom. The van der Waals surface area contributed by atoms with Crippen molar-refractivity contribution in [3.05, 3.63) is 23.8 Å². The molecule has 136 valence electrons. The van der Waals surface area contributed by atoms with E-state index in [1.165, 1.54) is 5.57 Å². The summed E-state index contributed by atoms with van der Waals surface area (Å²) >= 11 is 0. The van der Waals surface area contributed by atoms with Gasteiger partial charge < -0.3 is 20.4 Å². The Bertz CT molecular complexity index is 498. The normalized spacial score (nSPS) is 35.0. The number of carbonyl (C=O) groups is 1. The third-order valence-corrected chi connectivity index (χ3v) is 5.41. The van der Waals surface area contributed by atoms with E-state index in [9.17, 15) is 20.1 Å². The predicted octanol–water partition coefficient (Wildman–Crippen LogP) is 2.12. The quantitative estimate of drug-likeness (QED) is 0.570. The first-order valence-electron chi connectivity index (χ1n) is 8.93. The van der Waals surface area contributed by atoms with E-state index in [2.05, 4.69) is 32.1 Å². The van der Waals surface area contributed by atoms with Gasteiger partial charge in [0.1, 0.15) is 0 Å². The van der Waals surface area contributed by atoms with E-state index in [4.69, 9.17) is 5.11 Å². The fourth-order valence-electron chi connectivity index (χ4n) is 4.23. The summed E-state index contributed by atoms with van der Waals surface area (Å²) in [5.74, 6) is 0.00962. The summed E-state index contributed by atoms with van der Waals surface area (Å²) in [6.45, 7) is 4.25. The number of hydrogen-bond donors (Lipinski definition) is 4. The van der Waals surface area contributed by atoms with Crippen LogP contribution in [0.5, 0.6) is 0 Å². The number of allylic oxidation sites excluding steroid dienone is 3. The molecule has 0 aromatic carbocycles. The van der Waals surface area contributed by atoms with Crippen molar-refractivity contribution in [3.8, 4) is 0 Å². The van der Waals surface area contributed by atoms with E-state index >= 15 is 0 Å². The van der Waals surface area contributed by atoms with Crippen molar-refractivity contribution in [3.63, 3.8) is 0 Å². The average molecular weight is 338 g/mol. The van der Waals surface area contributed by atoms with Gasteiger partial charge >= 0.3 is 5.97 Å². The van der Waals surface area contributed by atoms with Crippen LogP contribution in [-0.2, 0) is 4.79 Å². The lowest BCUT2D eigenvalue weighted by molar-refractivity contribution is -0.139. The minimum atomic E-state index is -1.06. The first-order chi connectivity index (χ1) is 11.3. The number of rotatable bonds is 7. The SMILES string of the molecule is C[C@H]1C=C2C=C[C@H](C)[C@H](CCC(O)C[C@@H](O)CC(=O)O)[C@H]2[C@@H](O)C1. The van der Waals surface area contributed by atoms with Crippen molar-refractivity contribution in [2.75, 3.05) is 0 Å². The molecular weight excluding hydrogens is 308 g/mol. The monoisotopic (exact) mass is 338 g/mol. The molecule has 5 nitrogen and oxygen atoms in total. The third kappa shape index (κ3) is 4.91. The lowest BCUT2D eigenvalue weighted by Gasteiger charge is -2.41. The molecule has 0 saturated carbocycles. The molecule has 24 heavy (non-hydrogen) atoms. The summed E-state index contributed by atoms with van der Waals surface area (Å²) in [7, 11) is 0. The minimum Gasteiger partial charge on any atom is -0.481 e. The summed E-state index contributed by atoms with van der Waals surface area (Å²) in [6.07, 6.45) is 6.20. The van der Waals surface area contributed by atoms with Crippen LogP contribution in [0.15, 0.2) is 23.8 Å². The number of aliphatic hydroxyl groups is 3. The second kappa shape index (κ2) is 8.28. The Morgan fingerprint density at radius 2 is 2.00 bits per heavy atom.